The number of ether oxygens (including phenoxy) is 1. The Morgan fingerprint density at radius 2 is 2.25 bits per heavy atom. The van der Waals surface area contributed by atoms with Crippen molar-refractivity contribution in [3.05, 3.63) is 11.6 Å². The third kappa shape index (κ3) is 3.36. The predicted molar refractivity (Wildman–Crippen MR) is 66.1 cm³/mol. The highest BCUT2D eigenvalue weighted by Gasteiger charge is 2.37. The van der Waals surface area contributed by atoms with E-state index in [0.717, 1.165) is 12.8 Å². The van der Waals surface area contributed by atoms with Crippen molar-refractivity contribution in [2.45, 2.75) is 52.9 Å². The number of esters is 1. The van der Waals surface area contributed by atoms with Gasteiger partial charge in [0.15, 0.2) is 0 Å². The minimum Gasteiger partial charge on any atom is -0.464 e. The van der Waals surface area contributed by atoms with Crippen LogP contribution in [0.5, 0.6) is 0 Å². The van der Waals surface area contributed by atoms with Gasteiger partial charge in [-0.1, -0.05) is 38.3 Å². The normalized spacial score (nSPS) is 22.6. The first-order valence-electron chi connectivity index (χ1n) is 6.54. The maximum absolute atomic E-state index is 11.3. The molecule has 0 aromatic rings. The summed E-state index contributed by atoms with van der Waals surface area (Å²) < 4.78 is 4.85. The van der Waals surface area contributed by atoms with E-state index in [4.69, 9.17) is 4.74 Å². The van der Waals surface area contributed by atoms with E-state index in [1.807, 2.05) is 0 Å². The highest BCUT2D eigenvalue weighted by atomic mass is 16.6. The van der Waals surface area contributed by atoms with Gasteiger partial charge in [-0.3, -0.25) is 4.79 Å². The summed E-state index contributed by atoms with van der Waals surface area (Å²) >= 11 is 0. The van der Waals surface area contributed by atoms with Crippen molar-refractivity contribution in [3.8, 4) is 0 Å². The van der Waals surface area contributed by atoms with E-state index in [1.54, 1.807) is 0 Å². The zero-order chi connectivity index (χ0) is 12.0. The van der Waals surface area contributed by atoms with E-state index in [9.17, 15) is 4.79 Å². The van der Waals surface area contributed by atoms with Gasteiger partial charge in [0.25, 0.3) is 0 Å². The van der Waals surface area contributed by atoms with Crippen LogP contribution in [0.2, 0.25) is 0 Å². The fourth-order valence-electron chi connectivity index (χ4n) is 2.33. The fraction of sp³-hybridized carbons (Fsp3) is 0.786. The third-order valence-electron chi connectivity index (χ3n) is 3.49. The molecule has 0 aromatic heterocycles. The molecule has 0 spiro atoms. The molecular formula is C14H24O2. The van der Waals surface area contributed by atoms with Crippen molar-refractivity contribution in [2.24, 2.45) is 11.8 Å². The van der Waals surface area contributed by atoms with Gasteiger partial charge in [0.1, 0.15) is 6.61 Å². The lowest BCUT2D eigenvalue weighted by atomic mass is 9.82. The molecule has 0 aromatic carbocycles. The van der Waals surface area contributed by atoms with E-state index in [2.05, 4.69) is 26.8 Å². The number of cyclic esters (lactones) is 1. The number of carbonyl (C=O) groups excluding carboxylic acids is 1. The Labute approximate surface area is 99.1 Å². The molecule has 1 aliphatic heterocycles. The molecule has 2 heteroatoms. The largest absolute Gasteiger partial charge is 0.464 e. The van der Waals surface area contributed by atoms with Gasteiger partial charge >= 0.3 is 5.97 Å². The van der Waals surface area contributed by atoms with Crippen LogP contribution in [-0.4, -0.2) is 12.6 Å². The van der Waals surface area contributed by atoms with Gasteiger partial charge in [-0.2, -0.15) is 0 Å². The van der Waals surface area contributed by atoms with Gasteiger partial charge in [0, 0.05) is 0 Å². The molecule has 1 aliphatic rings. The van der Waals surface area contributed by atoms with Crippen LogP contribution in [0.3, 0.4) is 0 Å². The first-order chi connectivity index (χ1) is 7.70. The van der Waals surface area contributed by atoms with Crippen LogP contribution >= 0.6 is 0 Å². The Balaban J connectivity index is 2.42. The molecule has 1 heterocycles. The SMILES string of the molecule is CCCCCC=C(C)C(CC)C1COC1=O. The molecule has 0 amide bonds. The van der Waals surface area contributed by atoms with E-state index in [0.29, 0.717) is 12.5 Å². The Hall–Kier alpha value is -0.790. The maximum Gasteiger partial charge on any atom is 0.313 e. The molecule has 1 fully saturated rings. The summed E-state index contributed by atoms with van der Waals surface area (Å²) in [5.74, 6) is 0.531. The van der Waals surface area contributed by atoms with Gasteiger partial charge in [-0.15, -0.1) is 0 Å². The summed E-state index contributed by atoms with van der Waals surface area (Å²) in [5.41, 5.74) is 1.38. The lowest BCUT2D eigenvalue weighted by Gasteiger charge is -2.32. The second kappa shape index (κ2) is 6.72. The number of hydrogen-bond acceptors (Lipinski definition) is 2. The third-order valence-corrected chi connectivity index (χ3v) is 3.49. The van der Waals surface area contributed by atoms with Crippen molar-refractivity contribution in [1.82, 2.24) is 0 Å². The Morgan fingerprint density at radius 3 is 2.69 bits per heavy atom. The summed E-state index contributed by atoms with van der Waals surface area (Å²) in [6.45, 7) is 7.15. The van der Waals surface area contributed by atoms with Crippen LogP contribution in [0.15, 0.2) is 11.6 Å². The van der Waals surface area contributed by atoms with E-state index >= 15 is 0 Å². The fourth-order valence-corrected chi connectivity index (χ4v) is 2.33. The van der Waals surface area contributed by atoms with Crippen LogP contribution in [-0.2, 0) is 9.53 Å². The quantitative estimate of drug-likeness (QED) is 0.374. The smallest absolute Gasteiger partial charge is 0.313 e. The molecule has 2 nitrogen and oxygen atoms in total. The molecule has 0 aliphatic carbocycles. The van der Waals surface area contributed by atoms with Crippen LogP contribution in [0.4, 0.5) is 0 Å². The molecule has 0 radical (unpaired) electrons. The monoisotopic (exact) mass is 224 g/mol. The van der Waals surface area contributed by atoms with Crippen molar-refractivity contribution in [1.29, 1.82) is 0 Å². The molecule has 0 bridgehead atoms. The van der Waals surface area contributed by atoms with E-state index in [1.165, 1.54) is 24.8 Å². The number of hydrogen-bond donors (Lipinski definition) is 0. The molecule has 16 heavy (non-hydrogen) atoms. The summed E-state index contributed by atoms with van der Waals surface area (Å²) in [6.07, 6.45) is 8.33. The van der Waals surface area contributed by atoms with Gasteiger partial charge in [-0.05, 0) is 32.1 Å². The predicted octanol–water partition coefficient (Wildman–Crippen LogP) is 3.71. The molecule has 1 rings (SSSR count). The highest BCUT2D eigenvalue weighted by Crippen LogP contribution is 2.31. The van der Waals surface area contributed by atoms with Crippen molar-refractivity contribution >= 4 is 5.97 Å². The van der Waals surface area contributed by atoms with Crippen molar-refractivity contribution in [3.63, 3.8) is 0 Å². The summed E-state index contributed by atoms with van der Waals surface area (Å²) in [5, 5.41) is 0. The summed E-state index contributed by atoms with van der Waals surface area (Å²) in [7, 11) is 0. The lowest BCUT2D eigenvalue weighted by Crippen LogP contribution is -2.40. The molecule has 1 saturated heterocycles. The average molecular weight is 224 g/mol. The van der Waals surface area contributed by atoms with Gasteiger partial charge in [-0.25, -0.2) is 0 Å². The zero-order valence-corrected chi connectivity index (χ0v) is 10.8. The molecule has 92 valence electrons. The number of allylic oxidation sites excluding steroid dienone is 2. The van der Waals surface area contributed by atoms with Crippen LogP contribution in [0.25, 0.3) is 0 Å². The number of rotatable bonds is 7. The van der Waals surface area contributed by atoms with Gasteiger partial charge in [0.2, 0.25) is 0 Å². The van der Waals surface area contributed by atoms with E-state index < -0.39 is 0 Å². The molecule has 2 unspecified atom stereocenters. The highest BCUT2D eigenvalue weighted by molar-refractivity contribution is 5.78. The second-order valence-corrected chi connectivity index (χ2v) is 4.70. The second-order valence-electron chi connectivity index (χ2n) is 4.70. The Bertz CT molecular complexity index is 255. The Morgan fingerprint density at radius 1 is 1.50 bits per heavy atom. The Kier molecular flexibility index (Phi) is 5.58. The molecular weight excluding hydrogens is 200 g/mol. The van der Waals surface area contributed by atoms with Crippen LogP contribution in [0.1, 0.15) is 52.9 Å². The van der Waals surface area contributed by atoms with Crippen molar-refractivity contribution < 1.29 is 9.53 Å². The van der Waals surface area contributed by atoms with Crippen LogP contribution < -0.4 is 0 Å². The lowest BCUT2D eigenvalue weighted by molar-refractivity contribution is -0.171. The minimum atomic E-state index is -0.00634. The molecule has 0 saturated carbocycles. The van der Waals surface area contributed by atoms with Crippen molar-refractivity contribution in [2.75, 3.05) is 6.61 Å². The molecule has 0 N–H and O–H groups in total. The van der Waals surface area contributed by atoms with Gasteiger partial charge < -0.3 is 4.74 Å². The van der Waals surface area contributed by atoms with Crippen LogP contribution in [0, 0.1) is 11.8 Å². The average Bonchev–Trinajstić information content (AvgIpc) is 2.29. The summed E-state index contributed by atoms with van der Waals surface area (Å²) in [6, 6.07) is 0. The first-order valence-corrected chi connectivity index (χ1v) is 6.54. The number of carbonyl (C=O) groups is 1. The van der Waals surface area contributed by atoms with Gasteiger partial charge in [0.05, 0.1) is 5.92 Å². The topological polar surface area (TPSA) is 26.3 Å². The molecule has 2 atom stereocenters. The maximum atomic E-state index is 11.3. The zero-order valence-electron chi connectivity index (χ0n) is 10.8. The standard InChI is InChI=1S/C14H24O2/c1-4-6-7-8-9-11(3)12(5-2)13-10-16-14(13)15/h9,12-13H,4-8,10H2,1-3H3. The van der Waals surface area contributed by atoms with E-state index in [-0.39, 0.29) is 11.9 Å². The first kappa shape index (κ1) is 13.3. The number of unbranched alkanes of at least 4 members (excludes halogenated alkanes) is 3. The minimum absolute atomic E-state index is 0.00634. The summed E-state index contributed by atoms with van der Waals surface area (Å²) in [4.78, 5) is 11.3.